The third-order valence-corrected chi connectivity index (χ3v) is 3.35. The smallest absolute Gasteiger partial charge is 0.131 e. The molecule has 0 fully saturated rings. The highest BCUT2D eigenvalue weighted by molar-refractivity contribution is 5.68. The van der Waals surface area contributed by atoms with Crippen molar-refractivity contribution in [3.63, 3.8) is 0 Å². The van der Waals surface area contributed by atoms with Crippen molar-refractivity contribution in [1.29, 1.82) is 0 Å². The number of nitrogens with two attached hydrogens (primary N) is 1. The molecule has 0 saturated carbocycles. The first-order valence-electron chi connectivity index (χ1n) is 6.79. The van der Waals surface area contributed by atoms with Crippen LogP contribution in [0.2, 0.25) is 0 Å². The number of aryl methyl sites for hydroxylation is 1. The van der Waals surface area contributed by atoms with Gasteiger partial charge in [-0.2, -0.15) is 5.10 Å². The van der Waals surface area contributed by atoms with Crippen molar-refractivity contribution in [2.45, 2.75) is 39.2 Å². The summed E-state index contributed by atoms with van der Waals surface area (Å²) in [6.45, 7) is 8.12. The maximum atomic E-state index is 14.2. The molecule has 0 aliphatic rings. The maximum Gasteiger partial charge on any atom is 0.131 e. The molecule has 0 spiro atoms. The zero-order valence-electron chi connectivity index (χ0n) is 12.7. The van der Waals surface area contributed by atoms with Crippen LogP contribution < -0.4 is 5.73 Å². The van der Waals surface area contributed by atoms with Gasteiger partial charge in [0.1, 0.15) is 5.82 Å². The fourth-order valence-corrected chi connectivity index (χ4v) is 2.27. The lowest BCUT2D eigenvalue weighted by Crippen LogP contribution is -2.14. The van der Waals surface area contributed by atoms with Crippen LogP contribution in [0.5, 0.6) is 0 Å². The summed E-state index contributed by atoms with van der Waals surface area (Å²) in [5.74, 6) is -0.243. The summed E-state index contributed by atoms with van der Waals surface area (Å²) in [4.78, 5) is 0. The second kappa shape index (κ2) is 5.02. The molecule has 0 aliphatic carbocycles. The van der Waals surface area contributed by atoms with E-state index in [9.17, 15) is 4.39 Å². The van der Waals surface area contributed by atoms with Crippen molar-refractivity contribution in [1.82, 2.24) is 9.78 Å². The molecule has 20 heavy (non-hydrogen) atoms. The van der Waals surface area contributed by atoms with Crippen LogP contribution in [0, 0.1) is 5.82 Å². The summed E-state index contributed by atoms with van der Waals surface area (Å²) in [5, 5.41) is 4.49. The SMILES string of the molecule is CC(N)c1ccc(F)c(-c2cn(C)nc2C(C)(C)C)c1. The first kappa shape index (κ1) is 14.7. The molecule has 3 nitrogen and oxygen atoms in total. The molecular weight excluding hydrogens is 253 g/mol. The van der Waals surface area contributed by atoms with Crippen molar-refractivity contribution in [3.8, 4) is 11.1 Å². The quantitative estimate of drug-likeness (QED) is 0.911. The summed E-state index contributed by atoms with van der Waals surface area (Å²) in [7, 11) is 1.85. The van der Waals surface area contributed by atoms with E-state index in [4.69, 9.17) is 5.73 Å². The predicted octanol–water partition coefficient (Wildman–Crippen LogP) is 3.54. The Bertz CT molecular complexity index is 621. The minimum Gasteiger partial charge on any atom is -0.324 e. The zero-order valence-corrected chi connectivity index (χ0v) is 12.7. The van der Waals surface area contributed by atoms with Gasteiger partial charge < -0.3 is 5.73 Å². The summed E-state index contributed by atoms with van der Waals surface area (Å²) in [6, 6.07) is 4.92. The van der Waals surface area contributed by atoms with Crippen LogP contribution in [0.15, 0.2) is 24.4 Å². The molecule has 2 rings (SSSR count). The van der Waals surface area contributed by atoms with Crippen molar-refractivity contribution >= 4 is 0 Å². The Hall–Kier alpha value is -1.68. The number of benzene rings is 1. The number of nitrogens with zero attached hydrogens (tertiary/aromatic N) is 2. The molecule has 1 atom stereocenters. The Morgan fingerprint density at radius 2 is 1.90 bits per heavy atom. The first-order valence-corrected chi connectivity index (χ1v) is 6.79. The standard InChI is InChI=1S/C16H22FN3/c1-10(18)11-6-7-14(17)12(8-11)13-9-20(5)19-15(13)16(2,3)4/h6-10H,18H2,1-5H3. The second-order valence-corrected chi connectivity index (χ2v) is 6.34. The Morgan fingerprint density at radius 1 is 1.25 bits per heavy atom. The average Bonchev–Trinajstić information content (AvgIpc) is 2.71. The monoisotopic (exact) mass is 275 g/mol. The number of aromatic nitrogens is 2. The molecule has 1 aromatic heterocycles. The molecule has 0 radical (unpaired) electrons. The summed E-state index contributed by atoms with van der Waals surface area (Å²) in [6.07, 6.45) is 1.87. The molecular formula is C16H22FN3. The molecule has 0 amide bonds. The van der Waals surface area contributed by atoms with Gasteiger partial charge in [-0.3, -0.25) is 4.68 Å². The molecule has 1 aromatic carbocycles. The van der Waals surface area contributed by atoms with Crippen LogP contribution in [0.3, 0.4) is 0 Å². The van der Waals surface area contributed by atoms with Crippen molar-refractivity contribution in [2.75, 3.05) is 0 Å². The highest BCUT2D eigenvalue weighted by atomic mass is 19.1. The van der Waals surface area contributed by atoms with E-state index in [0.717, 1.165) is 16.8 Å². The lowest BCUT2D eigenvalue weighted by atomic mass is 9.87. The van der Waals surface area contributed by atoms with Gasteiger partial charge in [-0.05, 0) is 24.6 Å². The van der Waals surface area contributed by atoms with Gasteiger partial charge in [0, 0.05) is 35.8 Å². The number of hydrogen-bond acceptors (Lipinski definition) is 2. The van der Waals surface area contributed by atoms with E-state index in [1.807, 2.05) is 26.2 Å². The normalized spacial score (nSPS) is 13.6. The van der Waals surface area contributed by atoms with Crippen LogP contribution in [-0.2, 0) is 12.5 Å². The topological polar surface area (TPSA) is 43.8 Å². The van der Waals surface area contributed by atoms with Gasteiger partial charge in [0.05, 0.1) is 5.69 Å². The minimum absolute atomic E-state index is 0.121. The van der Waals surface area contributed by atoms with E-state index in [0.29, 0.717) is 5.56 Å². The number of rotatable bonds is 2. The lowest BCUT2D eigenvalue weighted by molar-refractivity contribution is 0.553. The summed E-state index contributed by atoms with van der Waals surface area (Å²) >= 11 is 0. The molecule has 0 aliphatic heterocycles. The Labute approximate surface area is 119 Å². The van der Waals surface area contributed by atoms with E-state index in [1.165, 1.54) is 6.07 Å². The van der Waals surface area contributed by atoms with Gasteiger partial charge in [0.25, 0.3) is 0 Å². The Balaban J connectivity index is 2.65. The fraction of sp³-hybridized carbons (Fsp3) is 0.438. The molecule has 1 heterocycles. The van der Waals surface area contributed by atoms with E-state index < -0.39 is 0 Å². The lowest BCUT2D eigenvalue weighted by Gasteiger charge is -2.18. The van der Waals surface area contributed by atoms with Crippen LogP contribution in [0.25, 0.3) is 11.1 Å². The van der Waals surface area contributed by atoms with Crippen molar-refractivity contribution in [2.24, 2.45) is 12.8 Å². The molecule has 2 aromatic rings. The van der Waals surface area contributed by atoms with E-state index in [-0.39, 0.29) is 17.3 Å². The second-order valence-electron chi connectivity index (χ2n) is 6.34. The maximum absolute atomic E-state index is 14.2. The molecule has 1 unspecified atom stereocenters. The van der Waals surface area contributed by atoms with Gasteiger partial charge in [-0.1, -0.05) is 26.8 Å². The summed E-state index contributed by atoms with van der Waals surface area (Å²) in [5.41, 5.74) is 8.96. The van der Waals surface area contributed by atoms with E-state index in [1.54, 1.807) is 10.7 Å². The molecule has 4 heteroatoms. The van der Waals surface area contributed by atoms with Crippen LogP contribution >= 0.6 is 0 Å². The number of halogens is 1. The van der Waals surface area contributed by atoms with Gasteiger partial charge in [-0.15, -0.1) is 0 Å². The van der Waals surface area contributed by atoms with Gasteiger partial charge in [-0.25, -0.2) is 4.39 Å². The van der Waals surface area contributed by atoms with Gasteiger partial charge in [0.15, 0.2) is 0 Å². The highest BCUT2D eigenvalue weighted by Crippen LogP contribution is 2.34. The predicted molar refractivity (Wildman–Crippen MR) is 79.9 cm³/mol. The minimum atomic E-state index is -0.243. The largest absolute Gasteiger partial charge is 0.324 e. The van der Waals surface area contributed by atoms with Gasteiger partial charge >= 0.3 is 0 Å². The third kappa shape index (κ3) is 2.75. The zero-order chi connectivity index (χ0) is 15.1. The van der Waals surface area contributed by atoms with Gasteiger partial charge in [0.2, 0.25) is 0 Å². The number of hydrogen-bond donors (Lipinski definition) is 1. The van der Waals surface area contributed by atoms with E-state index in [2.05, 4.69) is 25.9 Å². The fourth-order valence-electron chi connectivity index (χ4n) is 2.27. The van der Waals surface area contributed by atoms with Crippen molar-refractivity contribution in [3.05, 3.63) is 41.5 Å². The Kier molecular flexibility index (Phi) is 3.69. The van der Waals surface area contributed by atoms with E-state index >= 15 is 0 Å². The van der Waals surface area contributed by atoms with Crippen LogP contribution in [0.1, 0.15) is 45.0 Å². The first-order chi connectivity index (χ1) is 9.20. The molecule has 2 N–H and O–H groups in total. The van der Waals surface area contributed by atoms with Crippen LogP contribution in [-0.4, -0.2) is 9.78 Å². The molecule has 0 bridgehead atoms. The third-order valence-electron chi connectivity index (χ3n) is 3.35. The molecule has 0 saturated heterocycles. The van der Waals surface area contributed by atoms with Crippen LogP contribution in [0.4, 0.5) is 4.39 Å². The highest BCUT2D eigenvalue weighted by Gasteiger charge is 2.24. The Morgan fingerprint density at radius 3 is 2.45 bits per heavy atom. The summed E-state index contributed by atoms with van der Waals surface area (Å²) < 4.78 is 15.9. The average molecular weight is 275 g/mol. The van der Waals surface area contributed by atoms with Crippen molar-refractivity contribution < 1.29 is 4.39 Å². The molecule has 108 valence electrons.